The van der Waals surface area contributed by atoms with E-state index in [1.54, 1.807) is 21.3 Å². The van der Waals surface area contributed by atoms with Crippen LogP contribution in [0.15, 0.2) is 47.5 Å². The quantitative estimate of drug-likeness (QED) is 0.244. The Kier molecular flexibility index (Phi) is 10.9. The number of hydrogen-bond acceptors (Lipinski definition) is 4. The molecule has 0 spiro atoms. The fraction of sp³-hybridized carbons (Fsp3) is 0.316. The lowest BCUT2D eigenvalue weighted by Crippen LogP contribution is -2.33. The molecule has 6 nitrogen and oxygen atoms in total. The van der Waals surface area contributed by atoms with Gasteiger partial charge in [-0.1, -0.05) is 23.7 Å². The van der Waals surface area contributed by atoms with Crippen molar-refractivity contribution in [2.24, 2.45) is 4.99 Å². The van der Waals surface area contributed by atoms with Gasteiger partial charge in [-0.05, 0) is 29.8 Å². The lowest BCUT2D eigenvalue weighted by molar-refractivity contribution is 0.125. The zero-order valence-electron chi connectivity index (χ0n) is 15.6. The van der Waals surface area contributed by atoms with Gasteiger partial charge in [0.05, 0.1) is 27.4 Å². The minimum atomic E-state index is 0. The minimum absolute atomic E-state index is 0. The number of halogens is 2. The van der Waals surface area contributed by atoms with Gasteiger partial charge >= 0.3 is 0 Å². The molecule has 2 rings (SSSR count). The van der Waals surface area contributed by atoms with Gasteiger partial charge in [0.15, 0.2) is 17.5 Å². The fourth-order valence-electron chi connectivity index (χ4n) is 2.29. The number of ether oxygens (including phenoxy) is 3. The average molecular weight is 506 g/mol. The summed E-state index contributed by atoms with van der Waals surface area (Å²) in [5.74, 6) is 1.97. The first-order chi connectivity index (χ1) is 12.7. The Bertz CT molecular complexity index is 744. The van der Waals surface area contributed by atoms with Gasteiger partial charge in [-0.25, -0.2) is 0 Å². The third-order valence-corrected chi connectivity index (χ3v) is 3.80. The maximum atomic E-state index is 5.95. The molecule has 8 heteroatoms. The van der Waals surface area contributed by atoms with Crippen LogP contribution in [-0.4, -0.2) is 40.4 Å². The molecule has 0 aliphatic rings. The number of benzene rings is 2. The third-order valence-electron chi connectivity index (χ3n) is 3.57. The van der Waals surface area contributed by atoms with E-state index in [1.165, 1.54) is 0 Å². The summed E-state index contributed by atoms with van der Waals surface area (Å²) >= 11 is 5.95. The molecule has 0 heterocycles. The van der Waals surface area contributed by atoms with Gasteiger partial charge in [0.2, 0.25) is 0 Å². The summed E-state index contributed by atoms with van der Waals surface area (Å²) < 4.78 is 16.2. The molecule has 27 heavy (non-hydrogen) atoms. The van der Waals surface area contributed by atoms with E-state index in [2.05, 4.69) is 15.6 Å². The van der Waals surface area contributed by atoms with E-state index in [9.17, 15) is 0 Å². The van der Waals surface area contributed by atoms with Crippen molar-refractivity contribution in [1.82, 2.24) is 5.32 Å². The molecule has 0 aromatic heterocycles. The molecule has 0 amide bonds. The molecule has 0 saturated heterocycles. The molecule has 2 aromatic rings. The molecule has 0 bridgehead atoms. The van der Waals surface area contributed by atoms with Crippen molar-refractivity contribution in [2.45, 2.75) is 6.61 Å². The Hall–Kier alpha value is -1.71. The van der Waals surface area contributed by atoms with Crippen molar-refractivity contribution < 1.29 is 14.2 Å². The smallest absolute Gasteiger partial charge is 0.195 e. The van der Waals surface area contributed by atoms with Crippen molar-refractivity contribution in [2.75, 3.05) is 39.7 Å². The van der Waals surface area contributed by atoms with Crippen LogP contribution >= 0.6 is 35.6 Å². The van der Waals surface area contributed by atoms with E-state index in [4.69, 9.17) is 25.8 Å². The molecule has 0 fully saturated rings. The summed E-state index contributed by atoms with van der Waals surface area (Å²) in [5.41, 5.74) is 1.89. The van der Waals surface area contributed by atoms with Crippen molar-refractivity contribution >= 4 is 47.2 Å². The number of methoxy groups -OCH3 is 2. The number of guanidine groups is 1. The zero-order chi connectivity index (χ0) is 18.8. The van der Waals surface area contributed by atoms with Crippen molar-refractivity contribution in [3.63, 3.8) is 0 Å². The number of anilines is 1. The van der Waals surface area contributed by atoms with Gasteiger partial charge in [-0.15, -0.1) is 24.0 Å². The fourth-order valence-corrected chi connectivity index (χ4v) is 2.50. The summed E-state index contributed by atoms with van der Waals surface area (Å²) in [6.07, 6.45) is 0. The maximum absolute atomic E-state index is 5.95. The molecule has 0 atom stereocenters. The molecule has 0 saturated carbocycles. The van der Waals surface area contributed by atoms with Crippen LogP contribution < -0.4 is 20.1 Å². The molecular formula is C19H25ClIN3O3. The van der Waals surface area contributed by atoms with Gasteiger partial charge in [0.25, 0.3) is 0 Å². The Morgan fingerprint density at radius 3 is 2.52 bits per heavy atom. The first-order valence-electron chi connectivity index (χ1n) is 8.18. The summed E-state index contributed by atoms with van der Waals surface area (Å²) in [6.45, 7) is 1.68. The molecule has 0 aliphatic heterocycles. The zero-order valence-corrected chi connectivity index (χ0v) is 18.7. The SMILES string of the molecule is CN=C(NCCOCc1cccc(Cl)c1)Nc1ccc(OC)c(OC)c1.I. The van der Waals surface area contributed by atoms with Gasteiger partial charge in [0, 0.05) is 30.4 Å². The summed E-state index contributed by atoms with van der Waals surface area (Å²) in [4.78, 5) is 4.20. The summed E-state index contributed by atoms with van der Waals surface area (Å²) in [5, 5.41) is 7.11. The summed E-state index contributed by atoms with van der Waals surface area (Å²) in [6, 6.07) is 13.2. The van der Waals surface area contributed by atoms with E-state index in [-0.39, 0.29) is 24.0 Å². The normalized spacial score (nSPS) is 10.7. The molecule has 2 N–H and O–H groups in total. The highest BCUT2D eigenvalue weighted by atomic mass is 127. The Balaban J connectivity index is 0.00000364. The van der Waals surface area contributed by atoms with Gasteiger partial charge in [0.1, 0.15) is 0 Å². The van der Waals surface area contributed by atoms with Gasteiger partial charge in [-0.2, -0.15) is 0 Å². The van der Waals surface area contributed by atoms with Crippen LogP contribution in [0.5, 0.6) is 11.5 Å². The van der Waals surface area contributed by atoms with E-state index < -0.39 is 0 Å². The standard InChI is InChI=1S/C19H24ClN3O3.HI/c1-21-19(23-16-7-8-17(24-2)18(12-16)25-3)22-9-10-26-13-14-5-4-6-15(20)11-14;/h4-8,11-12H,9-10,13H2,1-3H3,(H2,21,22,23);1H. The first kappa shape index (κ1) is 23.3. The van der Waals surface area contributed by atoms with Crippen molar-refractivity contribution in [3.8, 4) is 11.5 Å². The van der Waals surface area contributed by atoms with E-state index in [1.807, 2.05) is 42.5 Å². The highest BCUT2D eigenvalue weighted by Gasteiger charge is 2.06. The van der Waals surface area contributed by atoms with Crippen LogP contribution in [0.25, 0.3) is 0 Å². The molecule has 0 aliphatic carbocycles. The monoisotopic (exact) mass is 505 g/mol. The van der Waals surface area contributed by atoms with Crippen molar-refractivity contribution in [3.05, 3.63) is 53.1 Å². The number of nitrogens with one attached hydrogen (secondary N) is 2. The van der Waals surface area contributed by atoms with Gasteiger partial charge < -0.3 is 24.8 Å². The van der Waals surface area contributed by atoms with E-state index in [0.717, 1.165) is 11.3 Å². The Morgan fingerprint density at radius 1 is 1.07 bits per heavy atom. The third kappa shape index (κ3) is 7.82. The van der Waals surface area contributed by atoms with E-state index >= 15 is 0 Å². The highest BCUT2D eigenvalue weighted by Crippen LogP contribution is 2.29. The number of aliphatic imine (C=N–C) groups is 1. The lowest BCUT2D eigenvalue weighted by Gasteiger charge is -2.14. The lowest BCUT2D eigenvalue weighted by atomic mass is 10.2. The second kappa shape index (κ2) is 12.6. The largest absolute Gasteiger partial charge is 0.493 e. The predicted octanol–water partition coefficient (Wildman–Crippen LogP) is 4.18. The van der Waals surface area contributed by atoms with Crippen LogP contribution in [0.2, 0.25) is 5.02 Å². The topological polar surface area (TPSA) is 64.1 Å². The van der Waals surface area contributed by atoms with Crippen LogP contribution in [0.4, 0.5) is 5.69 Å². The molecule has 148 valence electrons. The molecule has 0 unspecified atom stereocenters. The Labute approximate surface area is 182 Å². The molecule has 2 aromatic carbocycles. The maximum Gasteiger partial charge on any atom is 0.195 e. The van der Waals surface area contributed by atoms with Crippen molar-refractivity contribution in [1.29, 1.82) is 0 Å². The van der Waals surface area contributed by atoms with E-state index in [0.29, 0.717) is 42.2 Å². The van der Waals surface area contributed by atoms with Crippen LogP contribution in [-0.2, 0) is 11.3 Å². The van der Waals surface area contributed by atoms with Crippen LogP contribution in [0.3, 0.4) is 0 Å². The second-order valence-corrected chi connectivity index (χ2v) is 5.81. The van der Waals surface area contributed by atoms with Crippen LogP contribution in [0, 0.1) is 0 Å². The number of hydrogen-bond donors (Lipinski definition) is 2. The minimum Gasteiger partial charge on any atom is -0.493 e. The predicted molar refractivity (Wildman–Crippen MR) is 121 cm³/mol. The highest BCUT2D eigenvalue weighted by molar-refractivity contribution is 14.0. The number of nitrogens with zero attached hydrogens (tertiary/aromatic N) is 1. The summed E-state index contributed by atoms with van der Waals surface area (Å²) in [7, 11) is 4.92. The average Bonchev–Trinajstić information content (AvgIpc) is 2.66. The molecule has 0 radical (unpaired) electrons. The van der Waals surface area contributed by atoms with Crippen LogP contribution in [0.1, 0.15) is 5.56 Å². The Morgan fingerprint density at radius 2 is 1.85 bits per heavy atom. The van der Waals surface area contributed by atoms with Gasteiger partial charge in [-0.3, -0.25) is 4.99 Å². The second-order valence-electron chi connectivity index (χ2n) is 5.38. The molecular weight excluding hydrogens is 481 g/mol. The first-order valence-corrected chi connectivity index (χ1v) is 8.56. The number of rotatable bonds is 8.